The number of phenolic OH excluding ortho intramolecular Hbond substituents is 1. The average Bonchev–Trinajstić information content (AvgIpc) is 2.56. The molecular weight excluding hydrogens is 315 g/mol. The van der Waals surface area contributed by atoms with Crippen LogP contribution >= 0.6 is 0 Å². The Labute approximate surface area is 160 Å². The summed E-state index contributed by atoms with van der Waals surface area (Å²) in [5.74, 6) is 0.0311. The standard InChI is InChI=1S/C18H12N2O3.Na.H/c21-13-6-3-5-12(10-13)20-15-9-8-11-4-1-2-7-14(11)16(15)19-17(22)18(20)23;;/h1-10,21H,(H,19,22);;/q;+1;-1. The van der Waals surface area contributed by atoms with E-state index in [4.69, 9.17) is 0 Å². The minimum absolute atomic E-state index is 0. The molecule has 0 unspecified atom stereocenters. The van der Waals surface area contributed by atoms with E-state index in [1.54, 1.807) is 18.2 Å². The molecule has 1 heterocycles. The number of aromatic nitrogens is 2. The zero-order valence-corrected chi connectivity index (χ0v) is 15.0. The molecule has 0 saturated carbocycles. The number of aromatic hydroxyl groups is 1. The molecule has 0 amide bonds. The van der Waals surface area contributed by atoms with Gasteiger partial charge in [-0.1, -0.05) is 36.4 Å². The van der Waals surface area contributed by atoms with Crippen LogP contribution in [0, 0.1) is 0 Å². The van der Waals surface area contributed by atoms with Crippen LogP contribution in [0.5, 0.6) is 5.75 Å². The van der Waals surface area contributed by atoms with Gasteiger partial charge in [-0.3, -0.25) is 14.2 Å². The Hall–Kier alpha value is -2.34. The van der Waals surface area contributed by atoms with Crippen LogP contribution < -0.4 is 40.7 Å². The predicted molar refractivity (Wildman–Crippen MR) is 90.4 cm³/mol. The number of nitrogens with zero attached hydrogens (tertiary/aromatic N) is 1. The first-order chi connectivity index (χ1) is 11.1. The van der Waals surface area contributed by atoms with Gasteiger partial charge in [0.2, 0.25) is 0 Å². The first kappa shape index (κ1) is 16.5. The van der Waals surface area contributed by atoms with Crippen molar-refractivity contribution in [2.45, 2.75) is 0 Å². The molecule has 0 spiro atoms. The van der Waals surface area contributed by atoms with Crippen molar-refractivity contribution in [3.8, 4) is 11.4 Å². The fraction of sp³-hybridized carbons (Fsp3) is 0. The van der Waals surface area contributed by atoms with Gasteiger partial charge in [0, 0.05) is 11.5 Å². The average molecular weight is 328 g/mol. The van der Waals surface area contributed by atoms with Crippen molar-refractivity contribution < 1.29 is 36.1 Å². The topological polar surface area (TPSA) is 75.1 Å². The molecule has 2 N–H and O–H groups in total. The number of hydrogen-bond donors (Lipinski definition) is 2. The van der Waals surface area contributed by atoms with Crippen LogP contribution in [-0.2, 0) is 0 Å². The molecule has 0 saturated heterocycles. The van der Waals surface area contributed by atoms with E-state index < -0.39 is 11.1 Å². The number of hydrogen-bond acceptors (Lipinski definition) is 3. The molecule has 114 valence electrons. The van der Waals surface area contributed by atoms with Crippen LogP contribution in [0.25, 0.3) is 27.5 Å². The van der Waals surface area contributed by atoms with Crippen LogP contribution in [0.2, 0.25) is 0 Å². The van der Waals surface area contributed by atoms with Gasteiger partial charge in [-0.25, -0.2) is 0 Å². The second-order valence-corrected chi connectivity index (χ2v) is 5.30. The zero-order valence-electron chi connectivity index (χ0n) is 14.0. The Morgan fingerprint density at radius 2 is 1.75 bits per heavy atom. The van der Waals surface area contributed by atoms with Crippen LogP contribution in [0.3, 0.4) is 0 Å². The Bertz CT molecular complexity index is 1180. The fourth-order valence-electron chi connectivity index (χ4n) is 2.84. The summed E-state index contributed by atoms with van der Waals surface area (Å²) >= 11 is 0. The summed E-state index contributed by atoms with van der Waals surface area (Å²) in [6, 6.07) is 17.6. The molecule has 0 radical (unpaired) electrons. The van der Waals surface area contributed by atoms with Crippen molar-refractivity contribution in [3.05, 3.63) is 81.4 Å². The Morgan fingerprint density at radius 1 is 0.958 bits per heavy atom. The first-order valence-corrected chi connectivity index (χ1v) is 7.11. The largest absolute Gasteiger partial charge is 1.00 e. The monoisotopic (exact) mass is 328 g/mol. The molecule has 1 aromatic heterocycles. The van der Waals surface area contributed by atoms with Crippen molar-refractivity contribution in [2.75, 3.05) is 0 Å². The van der Waals surface area contributed by atoms with Gasteiger partial charge in [-0.05, 0) is 23.6 Å². The van der Waals surface area contributed by atoms with Crippen LogP contribution in [-0.4, -0.2) is 14.7 Å². The van der Waals surface area contributed by atoms with Crippen LogP contribution in [0.1, 0.15) is 1.43 Å². The molecule has 0 bridgehead atoms. The predicted octanol–water partition coefficient (Wildman–Crippen LogP) is -0.346. The maximum Gasteiger partial charge on any atom is 1.00 e. The van der Waals surface area contributed by atoms with E-state index in [1.807, 2.05) is 30.3 Å². The van der Waals surface area contributed by atoms with E-state index >= 15 is 0 Å². The maximum atomic E-state index is 12.4. The summed E-state index contributed by atoms with van der Waals surface area (Å²) in [5, 5.41) is 11.5. The Balaban J connectivity index is 0.00000113. The van der Waals surface area contributed by atoms with Crippen molar-refractivity contribution in [2.24, 2.45) is 0 Å². The molecule has 3 aromatic carbocycles. The number of benzene rings is 3. The van der Waals surface area contributed by atoms with Crippen molar-refractivity contribution >= 4 is 21.8 Å². The number of H-pyrrole nitrogens is 1. The molecule has 0 fully saturated rings. The van der Waals surface area contributed by atoms with Gasteiger partial charge in [0.25, 0.3) is 0 Å². The van der Waals surface area contributed by atoms with Gasteiger partial charge in [0.05, 0.1) is 16.7 Å². The summed E-state index contributed by atoms with van der Waals surface area (Å²) in [6.45, 7) is 0. The van der Waals surface area contributed by atoms with E-state index in [2.05, 4.69) is 4.98 Å². The van der Waals surface area contributed by atoms with E-state index in [0.29, 0.717) is 16.7 Å². The zero-order chi connectivity index (χ0) is 16.0. The van der Waals surface area contributed by atoms with Gasteiger partial charge in [0.1, 0.15) is 5.75 Å². The summed E-state index contributed by atoms with van der Waals surface area (Å²) < 4.78 is 1.32. The number of phenols is 1. The van der Waals surface area contributed by atoms with Crippen molar-refractivity contribution in [3.63, 3.8) is 0 Å². The SMILES string of the molecule is O=c1[nH]c2c3ccccc3ccc2n(-c2cccc(O)c2)c1=O.[H-].[Na+]. The molecular formula is C18H13N2NaO3. The smallest absolute Gasteiger partial charge is 1.00 e. The van der Waals surface area contributed by atoms with E-state index in [1.165, 1.54) is 16.7 Å². The third-order valence-corrected chi connectivity index (χ3v) is 3.87. The Kier molecular flexibility index (Phi) is 4.32. The summed E-state index contributed by atoms with van der Waals surface area (Å²) in [5.41, 5.74) is 0.243. The van der Waals surface area contributed by atoms with Gasteiger partial charge in [-0.2, -0.15) is 0 Å². The molecule has 0 aliphatic rings. The molecule has 0 atom stereocenters. The second-order valence-electron chi connectivity index (χ2n) is 5.30. The molecule has 5 nitrogen and oxygen atoms in total. The fourth-order valence-corrected chi connectivity index (χ4v) is 2.84. The quantitative estimate of drug-likeness (QED) is 0.285. The molecule has 4 rings (SSSR count). The third kappa shape index (κ3) is 2.57. The minimum Gasteiger partial charge on any atom is -1.00 e. The molecule has 0 aliphatic carbocycles. The summed E-state index contributed by atoms with van der Waals surface area (Å²) in [6.07, 6.45) is 0. The minimum atomic E-state index is -0.697. The molecule has 4 aromatic rings. The number of rotatable bonds is 1. The van der Waals surface area contributed by atoms with E-state index in [-0.39, 0.29) is 36.7 Å². The molecule has 0 aliphatic heterocycles. The third-order valence-electron chi connectivity index (χ3n) is 3.87. The van der Waals surface area contributed by atoms with Gasteiger partial charge < -0.3 is 11.5 Å². The maximum absolute atomic E-state index is 12.4. The number of aromatic amines is 1. The Morgan fingerprint density at radius 3 is 2.54 bits per heavy atom. The van der Waals surface area contributed by atoms with Gasteiger partial charge in [0.15, 0.2) is 0 Å². The first-order valence-electron chi connectivity index (χ1n) is 7.11. The number of fused-ring (bicyclic) bond motifs is 3. The van der Waals surface area contributed by atoms with Crippen LogP contribution in [0.4, 0.5) is 0 Å². The van der Waals surface area contributed by atoms with E-state index in [9.17, 15) is 14.7 Å². The van der Waals surface area contributed by atoms with Crippen LogP contribution in [0.15, 0.2) is 70.3 Å². The van der Waals surface area contributed by atoms with Crippen molar-refractivity contribution in [1.82, 2.24) is 9.55 Å². The van der Waals surface area contributed by atoms with E-state index in [0.717, 1.165) is 10.8 Å². The van der Waals surface area contributed by atoms with Gasteiger partial charge in [-0.15, -0.1) is 0 Å². The molecule has 6 heteroatoms. The normalized spacial score (nSPS) is 10.7. The second kappa shape index (κ2) is 6.28. The summed E-state index contributed by atoms with van der Waals surface area (Å²) in [7, 11) is 0. The van der Waals surface area contributed by atoms with Gasteiger partial charge >= 0.3 is 40.7 Å². The summed E-state index contributed by atoms with van der Waals surface area (Å²) in [4.78, 5) is 27.1. The number of nitrogens with one attached hydrogen (secondary N) is 1. The molecule has 24 heavy (non-hydrogen) atoms. The van der Waals surface area contributed by atoms with Crippen molar-refractivity contribution in [1.29, 1.82) is 0 Å².